The van der Waals surface area contributed by atoms with Gasteiger partial charge >= 0.3 is 0 Å². The van der Waals surface area contributed by atoms with Crippen LogP contribution in [0.2, 0.25) is 0 Å². The van der Waals surface area contributed by atoms with Crippen molar-refractivity contribution < 1.29 is 4.79 Å². The van der Waals surface area contributed by atoms with Crippen molar-refractivity contribution >= 4 is 22.2 Å². The van der Waals surface area contributed by atoms with Crippen LogP contribution >= 0.6 is 15.9 Å². The molecule has 0 saturated heterocycles. The first-order valence-electron chi connectivity index (χ1n) is 3.37. The molecule has 0 aliphatic rings. The topological polar surface area (TPSA) is 17.1 Å². The highest BCUT2D eigenvalue weighted by Gasteiger charge is 2.01. The van der Waals surface area contributed by atoms with Crippen LogP contribution in [0.4, 0.5) is 0 Å². The molecule has 0 N–H and O–H groups in total. The molecule has 11 heavy (non-hydrogen) atoms. The van der Waals surface area contributed by atoms with E-state index >= 15 is 0 Å². The van der Waals surface area contributed by atoms with Gasteiger partial charge in [0.05, 0.1) is 0 Å². The summed E-state index contributed by atoms with van der Waals surface area (Å²) in [6.07, 6.45) is 0.865. The number of aldehydes is 1. The number of carbonyl (C=O) groups excluding carboxylic acids is 1. The maximum atomic E-state index is 10.5. The maximum absolute atomic E-state index is 10.5. The minimum atomic E-state index is 0.725. The van der Waals surface area contributed by atoms with Gasteiger partial charge in [0.25, 0.3) is 0 Å². The van der Waals surface area contributed by atoms with Crippen LogP contribution in [-0.4, -0.2) is 6.29 Å². The van der Waals surface area contributed by atoms with Gasteiger partial charge in [-0.15, -0.1) is 0 Å². The van der Waals surface area contributed by atoms with Gasteiger partial charge in [-0.2, -0.15) is 0 Å². The molecule has 0 saturated carbocycles. The average molecular weight is 213 g/mol. The van der Waals surface area contributed by atoms with E-state index in [1.54, 1.807) is 0 Å². The number of carbonyl (C=O) groups is 1. The van der Waals surface area contributed by atoms with E-state index in [1.807, 2.05) is 26.0 Å². The molecule has 0 aromatic heterocycles. The van der Waals surface area contributed by atoms with Gasteiger partial charge in [-0.1, -0.05) is 11.6 Å². The highest BCUT2D eigenvalue weighted by molar-refractivity contribution is 9.10. The number of hydrogen-bond acceptors (Lipinski definition) is 1. The van der Waals surface area contributed by atoms with Crippen LogP contribution in [0.25, 0.3) is 0 Å². The van der Waals surface area contributed by atoms with Gasteiger partial charge in [0, 0.05) is 10.0 Å². The Hall–Kier alpha value is -0.630. The Morgan fingerprint density at radius 3 is 2.55 bits per heavy atom. The summed E-state index contributed by atoms with van der Waals surface area (Å²) in [7, 11) is 0. The van der Waals surface area contributed by atoms with Crippen LogP contribution in [-0.2, 0) is 0 Å². The normalized spacial score (nSPS) is 9.73. The van der Waals surface area contributed by atoms with Crippen molar-refractivity contribution in [1.82, 2.24) is 0 Å². The number of hydrogen-bond donors (Lipinski definition) is 0. The molecule has 0 heterocycles. The van der Waals surface area contributed by atoms with Gasteiger partial charge in [0.1, 0.15) is 0 Å². The van der Waals surface area contributed by atoms with Crippen LogP contribution in [0.1, 0.15) is 21.5 Å². The Morgan fingerprint density at radius 1 is 1.36 bits per heavy atom. The van der Waals surface area contributed by atoms with E-state index in [4.69, 9.17) is 0 Å². The molecule has 0 spiro atoms. The number of benzene rings is 1. The van der Waals surface area contributed by atoms with Crippen LogP contribution in [0, 0.1) is 13.8 Å². The SMILES string of the molecule is Cc1cc(C)c(Br)c(C=O)c1. The molecule has 0 radical (unpaired) electrons. The fourth-order valence-corrected chi connectivity index (χ4v) is 1.39. The molecule has 0 bridgehead atoms. The van der Waals surface area contributed by atoms with E-state index in [-0.39, 0.29) is 0 Å². The molecule has 1 nitrogen and oxygen atoms in total. The zero-order chi connectivity index (χ0) is 8.43. The van der Waals surface area contributed by atoms with E-state index in [2.05, 4.69) is 15.9 Å². The van der Waals surface area contributed by atoms with E-state index in [0.717, 1.165) is 27.4 Å². The summed E-state index contributed by atoms with van der Waals surface area (Å²) in [5.41, 5.74) is 2.95. The largest absolute Gasteiger partial charge is 0.298 e. The minimum Gasteiger partial charge on any atom is -0.298 e. The second-order valence-electron chi connectivity index (χ2n) is 2.60. The predicted molar refractivity (Wildman–Crippen MR) is 49.0 cm³/mol. The predicted octanol–water partition coefficient (Wildman–Crippen LogP) is 2.88. The lowest BCUT2D eigenvalue weighted by molar-refractivity contribution is 0.112. The van der Waals surface area contributed by atoms with E-state index < -0.39 is 0 Å². The van der Waals surface area contributed by atoms with Gasteiger partial charge in [-0.25, -0.2) is 0 Å². The first kappa shape index (κ1) is 8.47. The molecule has 2 heteroatoms. The van der Waals surface area contributed by atoms with Crippen molar-refractivity contribution in [2.75, 3.05) is 0 Å². The summed E-state index contributed by atoms with van der Waals surface area (Å²) in [4.78, 5) is 10.5. The summed E-state index contributed by atoms with van der Waals surface area (Å²) < 4.78 is 0.901. The molecule has 0 unspecified atom stereocenters. The number of rotatable bonds is 1. The first-order valence-corrected chi connectivity index (χ1v) is 4.16. The highest BCUT2D eigenvalue weighted by atomic mass is 79.9. The smallest absolute Gasteiger partial charge is 0.151 e. The maximum Gasteiger partial charge on any atom is 0.151 e. The van der Waals surface area contributed by atoms with Crippen LogP contribution < -0.4 is 0 Å². The molecule has 0 atom stereocenters. The third-order valence-electron chi connectivity index (χ3n) is 1.55. The lowest BCUT2D eigenvalue weighted by atomic mass is 10.1. The van der Waals surface area contributed by atoms with Crippen molar-refractivity contribution in [3.8, 4) is 0 Å². The molecule has 0 aliphatic heterocycles. The molecule has 1 aromatic rings. The summed E-state index contributed by atoms with van der Waals surface area (Å²) in [5, 5.41) is 0. The first-order chi connectivity index (χ1) is 5.15. The molecule has 1 rings (SSSR count). The van der Waals surface area contributed by atoms with Gasteiger partial charge in [0.2, 0.25) is 0 Å². The van der Waals surface area contributed by atoms with E-state index in [9.17, 15) is 4.79 Å². The summed E-state index contributed by atoms with van der Waals surface area (Å²) in [6.45, 7) is 3.95. The van der Waals surface area contributed by atoms with Crippen LogP contribution in [0.5, 0.6) is 0 Å². The highest BCUT2D eigenvalue weighted by Crippen LogP contribution is 2.21. The standard InChI is InChI=1S/C9H9BrO/c1-6-3-7(2)9(10)8(4-6)5-11/h3-5H,1-2H3. The van der Waals surface area contributed by atoms with E-state index in [0.29, 0.717) is 0 Å². The van der Waals surface area contributed by atoms with Crippen LogP contribution in [0.3, 0.4) is 0 Å². The lowest BCUT2D eigenvalue weighted by Crippen LogP contribution is -1.87. The van der Waals surface area contributed by atoms with Crippen LogP contribution in [0.15, 0.2) is 16.6 Å². The average Bonchev–Trinajstić information content (AvgIpc) is 1.96. The van der Waals surface area contributed by atoms with Crippen molar-refractivity contribution in [1.29, 1.82) is 0 Å². The fraction of sp³-hybridized carbons (Fsp3) is 0.222. The van der Waals surface area contributed by atoms with Gasteiger partial charge < -0.3 is 0 Å². The monoisotopic (exact) mass is 212 g/mol. The lowest BCUT2D eigenvalue weighted by Gasteiger charge is -2.02. The molecular weight excluding hydrogens is 204 g/mol. The van der Waals surface area contributed by atoms with Gasteiger partial charge in [-0.05, 0) is 41.4 Å². The Morgan fingerprint density at radius 2 is 2.00 bits per heavy atom. The third kappa shape index (κ3) is 1.69. The van der Waals surface area contributed by atoms with Crippen molar-refractivity contribution in [2.24, 2.45) is 0 Å². The van der Waals surface area contributed by atoms with Gasteiger partial charge in [-0.3, -0.25) is 4.79 Å². The summed E-state index contributed by atoms with van der Waals surface area (Å²) in [5.74, 6) is 0. The molecule has 58 valence electrons. The van der Waals surface area contributed by atoms with E-state index in [1.165, 1.54) is 0 Å². The Balaban J connectivity index is 3.35. The second-order valence-corrected chi connectivity index (χ2v) is 3.40. The van der Waals surface area contributed by atoms with Crippen molar-refractivity contribution in [3.05, 3.63) is 33.3 Å². The Labute approximate surface area is 74.6 Å². The Bertz CT molecular complexity index is 292. The van der Waals surface area contributed by atoms with Gasteiger partial charge in [0.15, 0.2) is 6.29 Å². The number of halogens is 1. The molecule has 0 amide bonds. The molecule has 0 fully saturated rings. The summed E-state index contributed by atoms with van der Waals surface area (Å²) in [6, 6.07) is 3.90. The van der Waals surface area contributed by atoms with Crippen molar-refractivity contribution in [3.63, 3.8) is 0 Å². The summed E-state index contributed by atoms with van der Waals surface area (Å²) >= 11 is 3.34. The minimum absolute atomic E-state index is 0.725. The third-order valence-corrected chi connectivity index (χ3v) is 2.64. The molecule has 1 aromatic carbocycles. The quantitative estimate of drug-likeness (QED) is 0.655. The molecule has 0 aliphatic carbocycles. The fourth-order valence-electron chi connectivity index (χ4n) is 1.07. The zero-order valence-electron chi connectivity index (χ0n) is 6.52. The second kappa shape index (κ2) is 3.18. The number of aryl methyl sites for hydroxylation is 2. The van der Waals surface area contributed by atoms with Crippen molar-refractivity contribution in [2.45, 2.75) is 13.8 Å². The Kier molecular flexibility index (Phi) is 2.45. The zero-order valence-corrected chi connectivity index (χ0v) is 8.10. The molecular formula is C9H9BrO.